The lowest BCUT2D eigenvalue weighted by Crippen LogP contribution is -2.56. The van der Waals surface area contributed by atoms with Crippen molar-refractivity contribution in [1.29, 1.82) is 0 Å². The molecule has 0 saturated carbocycles. The molecule has 7 heteroatoms. The predicted molar refractivity (Wildman–Crippen MR) is 110 cm³/mol. The van der Waals surface area contributed by atoms with Gasteiger partial charge in [-0.1, -0.05) is 30.3 Å². The molecule has 0 spiro atoms. The minimum absolute atomic E-state index is 0.0374. The Morgan fingerprint density at radius 1 is 1.24 bits per heavy atom. The lowest BCUT2D eigenvalue weighted by molar-refractivity contribution is -0.167. The Labute approximate surface area is 172 Å². The molecule has 1 aromatic carbocycles. The largest absolute Gasteiger partial charge is 0.356 e. The van der Waals surface area contributed by atoms with E-state index in [1.165, 1.54) is 5.56 Å². The summed E-state index contributed by atoms with van der Waals surface area (Å²) in [5.74, 6) is -0.314. The fraction of sp³-hybridized carbons (Fsp3) is 0.500. The number of morpholine rings is 1. The summed E-state index contributed by atoms with van der Waals surface area (Å²) >= 11 is 0. The van der Waals surface area contributed by atoms with Gasteiger partial charge in [-0.05, 0) is 45.7 Å². The summed E-state index contributed by atoms with van der Waals surface area (Å²) in [6.45, 7) is 10.9. The van der Waals surface area contributed by atoms with Crippen molar-refractivity contribution in [3.63, 3.8) is 0 Å². The Bertz CT molecular complexity index is 876. The van der Waals surface area contributed by atoms with E-state index < -0.39 is 12.1 Å². The van der Waals surface area contributed by atoms with Gasteiger partial charge in [0.25, 0.3) is 5.91 Å². The molecule has 2 aromatic rings. The van der Waals surface area contributed by atoms with Gasteiger partial charge in [-0.3, -0.25) is 14.3 Å². The molecule has 1 aliphatic heterocycles. The molecular weight excluding hydrogens is 368 g/mol. The molecule has 2 amide bonds. The maximum Gasteiger partial charge on any atom is 0.251 e. The molecule has 2 atom stereocenters. The molecular formula is C22H30N4O3. The topological polar surface area (TPSA) is 76.5 Å². The van der Waals surface area contributed by atoms with Crippen LogP contribution in [0.15, 0.2) is 30.3 Å². The molecule has 1 aliphatic rings. The number of hydrogen-bond donors (Lipinski definition) is 1. The van der Waals surface area contributed by atoms with E-state index in [1.54, 1.807) is 4.90 Å². The van der Waals surface area contributed by atoms with Crippen LogP contribution in [0.5, 0.6) is 0 Å². The Morgan fingerprint density at radius 3 is 2.52 bits per heavy atom. The smallest absolute Gasteiger partial charge is 0.251 e. The van der Waals surface area contributed by atoms with Gasteiger partial charge < -0.3 is 15.0 Å². The molecule has 156 valence electrons. The van der Waals surface area contributed by atoms with Crippen LogP contribution in [0.1, 0.15) is 42.4 Å². The lowest BCUT2D eigenvalue weighted by Gasteiger charge is -2.42. The Kier molecular flexibility index (Phi) is 6.37. The zero-order chi connectivity index (χ0) is 21.1. The summed E-state index contributed by atoms with van der Waals surface area (Å²) in [5, 5.41) is 7.48. The molecule has 29 heavy (non-hydrogen) atoms. The number of aromatic nitrogens is 2. The Balaban J connectivity index is 1.74. The molecule has 1 aromatic heterocycles. The van der Waals surface area contributed by atoms with Crippen molar-refractivity contribution >= 4 is 11.8 Å². The van der Waals surface area contributed by atoms with E-state index in [-0.39, 0.29) is 24.5 Å². The number of aryl methyl sites for hydroxylation is 1. The summed E-state index contributed by atoms with van der Waals surface area (Å²) < 4.78 is 7.63. The number of hydrogen-bond acceptors (Lipinski definition) is 4. The van der Waals surface area contributed by atoms with Gasteiger partial charge in [0.1, 0.15) is 6.61 Å². The highest BCUT2D eigenvalue weighted by Gasteiger charge is 2.42. The van der Waals surface area contributed by atoms with E-state index in [2.05, 4.69) is 10.4 Å². The molecule has 1 saturated heterocycles. The van der Waals surface area contributed by atoms with Gasteiger partial charge in [-0.15, -0.1) is 0 Å². The van der Waals surface area contributed by atoms with Crippen LogP contribution in [-0.2, 0) is 20.9 Å². The summed E-state index contributed by atoms with van der Waals surface area (Å²) in [4.78, 5) is 27.3. The van der Waals surface area contributed by atoms with Gasteiger partial charge in [-0.25, -0.2) is 0 Å². The van der Waals surface area contributed by atoms with Crippen LogP contribution in [-0.4, -0.2) is 51.8 Å². The second-order valence-electron chi connectivity index (χ2n) is 7.79. The van der Waals surface area contributed by atoms with Crippen molar-refractivity contribution in [3.05, 3.63) is 52.8 Å². The monoisotopic (exact) mass is 398 g/mol. The number of rotatable bonds is 6. The molecule has 1 fully saturated rings. The van der Waals surface area contributed by atoms with Gasteiger partial charge in [0.2, 0.25) is 5.91 Å². The average molecular weight is 399 g/mol. The first-order valence-corrected chi connectivity index (χ1v) is 10.1. The first kappa shape index (κ1) is 21.0. The zero-order valence-electron chi connectivity index (χ0n) is 17.8. The van der Waals surface area contributed by atoms with Crippen LogP contribution in [0.3, 0.4) is 0 Å². The number of carbonyl (C=O) groups excluding carboxylic acids is 2. The van der Waals surface area contributed by atoms with E-state index >= 15 is 0 Å². The highest BCUT2D eigenvalue weighted by molar-refractivity contribution is 5.86. The second kappa shape index (κ2) is 8.78. The summed E-state index contributed by atoms with van der Waals surface area (Å²) in [7, 11) is 0. The Hall–Kier alpha value is -2.67. The third kappa shape index (κ3) is 4.34. The van der Waals surface area contributed by atoms with E-state index in [4.69, 9.17) is 4.74 Å². The predicted octanol–water partition coefficient (Wildman–Crippen LogP) is 2.30. The van der Waals surface area contributed by atoms with Crippen LogP contribution >= 0.6 is 0 Å². The zero-order valence-corrected chi connectivity index (χ0v) is 17.8. The molecule has 7 nitrogen and oxygen atoms in total. The number of amides is 2. The molecule has 0 aliphatic carbocycles. The van der Waals surface area contributed by atoms with E-state index in [0.29, 0.717) is 13.1 Å². The molecule has 0 unspecified atom stereocenters. The average Bonchev–Trinajstić information content (AvgIpc) is 2.94. The van der Waals surface area contributed by atoms with Crippen molar-refractivity contribution in [2.75, 3.05) is 13.2 Å². The molecule has 1 N–H and O–H groups in total. The first-order chi connectivity index (χ1) is 13.8. The quantitative estimate of drug-likeness (QED) is 0.810. The SMILES string of the molecule is Cc1nn(CCNC(=O)[C@H]2OCC(=O)N(C(C)C)[C@@H]2c2ccccc2)c(C)c1C. The van der Waals surface area contributed by atoms with E-state index in [0.717, 1.165) is 17.0 Å². The summed E-state index contributed by atoms with van der Waals surface area (Å²) in [6.07, 6.45) is -0.750. The molecule has 0 radical (unpaired) electrons. The third-order valence-corrected chi connectivity index (χ3v) is 5.58. The number of ether oxygens (including phenoxy) is 1. The minimum atomic E-state index is -0.750. The number of benzene rings is 1. The van der Waals surface area contributed by atoms with Crippen LogP contribution in [0.4, 0.5) is 0 Å². The highest BCUT2D eigenvalue weighted by atomic mass is 16.5. The highest BCUT2D eigenvalue weighted by Crippen LogP contribution is 2.32. The van der Waals surface area contributed by atoms with Gasteiger partial charge in [0.15, 0.2) is 6.10 Å². The molecule has 0 bridgehead atoms. The number of nitrogens with one attached hydrogen (secondary N) is 1. The van der Waals surface area contributed by atoms with Crippen molar-refractivity contribution in [3.8, 4) is 0 Å². The van der Waals surface area contributed by atoms with Crippen molar-refractivity contribution in [2.24, 2.45) is 0 Å². The van der Waals surface area contributed by atoms with Gasteiger partial charge >= 0.3 is 0 Å². The van der Waals surface area contributed by atoms with Gasteiger partial charge in [0, 0.05) is 18.3 Å². The fourth-order valence-corrected chi connectivity index (χ4v) is 3.83. The second-order valence-corrected chi connectivity index (χ2v) is 7.79. The van der Waals surface area contributed by atoms with Crippen LogP contribution in [0.25, 0.3) is 0 Å². The maximum atomic E-state index is 13.0. The summed E-state index contributed by atoms with van der Waals surface area (Å²) in [6, 6.07) is 9.11. The minimum Gasteiger partial charge on any atom is -0.356 e. The number of carbonyl (C=O) groups is 2. The van der Waals surface area contributed by atoms with Gasteiger partial charge in [-0.2, -0.15) is 5.10 Å². The third-order valence-electron chi connectivity index (χ3n) is 5.58. The maximum absolute atomic E-state index is 13.0. The van der Waals surface area contributed by atoms with Crippen molar-refractivity contribution in [1.82, 2.24) is 20.0 Å². The summed E-state index contributed by atoms with van der Waals surface area (Å²) in [5.41, 5.74) is 4.16. The Morgan fingerprint density at radius 2 is 1.93 bits per heavy atom. The number of nitrogens with zero attached hydrogens (tertiary/aromatic N) is 3. The van der Waals surface area contributed by atoms with Crippen LogP contribution in [0, 0.1) is 20.8 Å². The normalized spacial score (nSPS) is 19.7. The van der Waals surface area contributed by atoms with Crippen LogP contribution in [0.2, 0.25) is 0 Å². The van der Waals surface area contributed by atoms with Crippen molar-refractivity contribution in [2.45, 2.75) is 59.4 Å². The molecule has 3 rings (SSSR count). The van der Waals surface area contributed by atoms with E-state index in [1.807, 2.05) is 69.6 Å². The standard InChI is InChI=1S/C22H30N4O3/c1-14(2)26-19(27)13-29-21(20(26)18-9-7-6-8-10-18)22(28)23-11-12-25-17(5)15(3)16(4)24-25/h6-10,14,20-21H,11-13H2,1-5H3,(H,23,28)/t20-,21+/m1/s1. The van der Waals surface area contributed by atoms with E-state index in [9.17, 15) is 9.59 Å². The molecule has 2 heterocycles. The van der Waals surface area contributed by atoms with Crippen molar-refractivity contribution < 1.29 is 14.3 Å². The fourth-order valence-electron chi connectivity index (χ4n) is 3.83. The van der Waals surface area contributed by atoms with Crippen LogP contribution < -0.4 is 5.32 Å². The lowest BCUT2D eigenvalue weighted by atomic mass is 9.96. The first-order valence-electron chi connectivity index (χ1n) is 10.1. The van der Waals surface area contributed by atoms with Gasteiger partial charge in [0.05, 0.1) is 18.3 Å².